The minimum absolute atomic E-state index is 0.274. The van der Waals surface area contributed by atoms with Crippen molar-refractivity contribution in [1.82, 2.24) is 4.90 Å². The van der Waals surface area contributed by atoms with E-state index >= 15 is 0 Å². The molecular formula is C14H18N2O4. The van der Waals surface area contributed by atoms with E-state index in [4.69, 9.17) is 19.0 Å². The van der Waals surface area contributed by atoms with Gasteiger partial charge in [0, 0.05) is 30.8 Å². The van der Waals surface area contributed by atoms with Crippen LogP contribution in [0.4, 0.5) is 0 Å². The highest BCUT2D eigenvalue weighted by Crippen LogP contribution is 2.37. The van der Waals surface area contributed by atoms with Gasteiger partial charge in [0.15, 0.2) is 11.5 Å². The SMILES string of the molecule is CO/N=C/c1ccc2c(c1CN1CCOCC1)OCO2. The second kappa shape index (κ2) is 6.11. The van der Waals surface area contributed by atoms with Crippen LogP contribution in [0, 0.1) is 0 Å². The summed E-state index contributed by atoms with van der Waals surface area (Å²) < 4.78 is 16.4. The molecule has 20 heavy (non-hydrogen) atoms. The van der Waals surface area contributed by atoms with Crippen molar-refractivity contribution < 1.29 is 19.0 Å². The van der Waals surface area contributed by atoms with E-state index in [2.05, 4.69) is 10.1 Å². The summed E-state index contributed by atoms with van der Waals surface area (Å²) in [4.78, 5) is 7.11. The number of hydrogen-bond donors (Lipinski definition) is 0. The number of hydrogen-bond acceptors (Lipinski definition) is 6. The highest BCUT2D eigenvalue weighted by Gasteiger charge is 2.22. The van der Waals surface area contributed by atoms with Gasteiger partial charge in [-0.25, -0.2) is 0 Å². The summed E-state index contributed by atoms with van der Waals surface area (Å²) in [7, 11) is 1.53. The summed E-state index contributed by atoms with van der Waals surface area (Å²) in [6.07, 6.45) is 1.71. The maximum Gasteiger partial charge on any atom is 0.231 e. The van der Waals surface area contributed by atoms with Crippen molar-refractivity contribution in [3.05, 3.63) is 23.3 Å². The zero-order valence-corrected chi connectivity index (χ0v) is 11.5. The molecule has 0 radical (unpaired) electrons. The number of fused-ring (bicyclic) bond motifs is 1. The van der Waals surface area contributed by atoms with Gasteiger partial charge >= 0.3 is 0 Å². The Morgan fingerprint density at radius 3 is 2.95 bits per heavy atom. The first-order valence-corrected chi connectivity index (χ1v) is 6.66. The molecule has 2 aliphatic heterocycles. The van der Waals surface area contributed by atoms with E-state index in [0.29, 0.717) is 0 Å². The maximum atomic E-state index is 5.61. The Kier molecular flexibility index (Phi) is 4.03. The van der Waals surface area contributed by atoms with Crippen LogP contribution in [-0.4, -0.2) is 51.3 Å². The van der Waals surface area contributed by atoms with E-state index in [0.717, 1.165) is 55.5 Å². The lowest BCUT2D eigenvalue weighted by molar-refractivity contribution is 0.0338. The molecule has 108 valence electrons. The highest BCUT2D eigenvalue weighted by molar-refractivity contribution is 5.83. The molecule has 0 amide bonds. The molecule has 6 heteroatoms. The first-order valence-electron chi connectivity index (χ1n) is 6.66. The van der Waals surface area contributed by atoms with Gasteiger partial charge in [0.2, 0.25) is 6.79 Å². The average molecular weight is 278 g/mol. The van der Waals surface area contributed by atoms with Gasteiger partial charge in [-0.05, 0) is 12.1 Å². The fourth-order valence-corrected chi connectivity index (χ4v) is 2.42. The van der Waals surface area contributed by atoms with E-state index < -0.39 is 0 Å². The lowest BCUT2D eigenvalue weighted by atomic mass is 10.1. The Bertz CT molecular complexity index is 498. The minimum Gasteiger partial charge on any atom is -0.454 e. The molecule has 0 aliphatic carbocycles. The Balaban J connectivity index is 1.88. The average Bonchev–Trinajstić information content (AvgIpc) is 2.96. The second-order valence-electron chi connectivity index (χ2n) is 4.67. The molecule has 0 aromatic heterocycles. The molecule has 1 fully saturated rings. The van der Waals surface area contributed by atoms with E-state index in [-0.39, 0.29) is 6.79 Å². The molecule has 0 N–H and O–H groups in total. The number of benzene rings is 1. The Morgan fingerprint density at radius 2 is 2.15 bits per heavy atom. The molecule has 1 aromatic carbocycles. The van der Waals surface area contributed by atoms with E-state index in [1.54, 1.807) is 6.21 Å². The van der Waals surface area contributed by atoms with Gasteiger partial charge in [-0.3, -0.25) is 4.90 Å². The number of morpholine rings is 1. The third-order valence-electron chi connectivity index (χ3n) is 3.46. The van der Waals surface area contributed by atoms with Crippen LogP contribution >= 0.6 is 0 Å². The van der Waals surface area contributed by atoms with E-state index in [9.17, 15) is 0 Å². The summed E-state index contributed by atoms with van der Waals surface area (Å²) in [6.45, 7) is 4.45. The van der Waals surface area contributed by atoms with Crippen LogP contribution in [0.2, 0.25) is 0 Å². The molecule has 1 aromatic rings. The van der Waals surface area contributed by atoms with E-state index in [1.165, 1.54) is 7.11 Å². The van der Waals surface area contributed by atoms with Crippen molar-refractivity contribution in [2.24, 2.45) is 5.16 Å². The summed E-state index contributed by atoms with van der Waals surface area (Å²) in [5.41, 5.74) is 2.07. The molecule has 3 rings (SSSR count). The zero-order valence-electron chi connectivity index (χ0n) is 11.5. The van der Waals surface area contributed by atoms with Crippen molar-refractivity contribution >= 4 is 6.21 Å². The largest absolute Gasteiger partial charge is 0.454 e. The summed E-state index contributed by atoms with van der Waals surface area (Å²) in [5.74, 6) is 1.61. The van der Waals surface area contributed by atoms with Gasteiger partial charge in [-0.1, -0.05) is 5.16 Å². The predicted octanol–water partition coefficient (Wildman–Crippen LogP) is 1.23. The minimum atomic E-state index is 0.274. The highest BCUT2D eigenvalue weighted by atomic mass is 16.7. The van der Waals surface area contributed by atoms with Crippen molar-refractivity contribution in [3.63, 3.8) is 0 Å². The standard InChI is InChI=1S/C14H18N2O4/c1-17-15-8-11-2-3-13-14(20-10-19-13)12(11)9-16-4-6-18-7-5-16/h2-3,8H,4-7,9-10H2,1H3/b15-8+. The lowest BCUT2D eigenvalue weighted by Crippen LogP contribution is -2.36. The predicted molar refractivity (Wildman–Crippen MR) is 73.3 cm³/mol. The molecule has 1 saturated heterocycles. The first kappa shape index (κ1) is 13.2. The molecule has 6 nitrogen and oxygen atoms in total. The number of rotatable bonds is 4. The topological polar surface area (TPSA) is 52.5 Å². The van der Waals surface area contributed by atoms with Crippen LogP contribution in [-0.2, 0) is 16.1 Å². The van der Waals surface area contributed by atoms with Crippen LogP contribution in [0.15, 0.2) is 17.3 Å². The fourth-order valence-electron chi connectivity index (χ4n) is 2.42. The molecule has 0 unspecified atom stereocenters. The normalized spacial score (nSPS) is 18.6. The van der Waals surface area contributed by atoms with Crippen LogP contribution in [0.25, 0.3) is 0 Å². The molecule has 0 spiro atoms. The van der Waals surface area contributed by atoms with Crippen molar-refractivity contribution in [2.75, 3.05) is 40.2 Å². The maximum absolute atomic E-state index is 5.61. The van der Waals surface area contributed by atoms with Gasteiger partial charge in [-0.15, -0.1) is 0 Å². The van der Waals surface area contributed by atoms with Crippen LogP contribution in [0.5, 0.6) is 11.5 Å². The first-order chi connectivity index (χ1) is 9.88. The Labute approximate surface area is 117 Å². The van der Waals surface area contributed by atoms with Crippen LogP contribution in [0.3, 0.4) is 0 Å². The number of ether oxygens (including phenoxy) is 3. The zero-order chi connectivity index (χ0) is 13.8. The quantitative estimate of drug-likeness (QED) is 0.612. The molecule has 2 aliphatic rings. The molecular weight excluding hydrogens is 260 g/mol. The Morgan fingerprint density at radius 1 is 1.30 bits per heavy atom. The van der Waals surface area contributed by atoms with Crippen molar-refractivity contribution in [3.8, 4) is 11.5 Å². The van der Waals surface area contributed by atoms with Gasteiger partial charge in [0.05, 0.1) is 19.4 Å². The molecule has 0 atom stereocenters. The smallest absolute Gasteiger partial charge is 0.231 e. The molecule has 0 bridgehead atoms. The van der Waals surface area contributed by atoms with Crippen LogP contribution < -0.4 is 9.47 Å². The molecule has 2 heterocycles. The summed E-state index contributed by atoms with van der Waals surface area (Å²) in [6, 6.07) is 3.88. The Hall–Kier alpha value is -1.79. The third-order valence-corrected chi connectivity index (χ3v) is 3.46. The summed E-state index contributed by atoms with van der Waals surface area (Å²) >= 11 is 0. The summed E-state index contributed by atoms with van der Waals surface area (Å²) in [5, 5.41) is 3.86. The van der Waals surface area contributed by atoms with Gasteiger partial charge in [-0.2, -0.15) is 0 Å². The van der Waals surface area contributed by atoms with Gasteiger partial charge < -0.3 is 19.0 Å². The van der Waals surface area contributed by atoms with Gasteiger partial charge in [0.1, 0.15) is 7.11 Å². The van der Waals surface area contributed by atoms with Crippen LogP contribution in [0.1, 0.15) is 11.1 Å². The lowest BCUT2D eigenvalue weighted by Gasteiger charge is -2.27. The van der Waals surface area contributed by atoms with E-state index in [1.807, 2.05) is 12.1 Å². The number of nitrogens with zero attached hydrogens (tertiary/aromatic N) is 2. The van der Waals surface area contributed by atoms with Gasteiger partial charge in [0.25, 0.3) is 0 Å². The third kappa shape index (κ3) is 2.71. The molecule has 0 saturated carbocycles. The number of oxime groups is 1. The second-order valence-corrected chi connectivity index (χ2v) is 4.67. The van der Waals surface area contributed by atoms with Crippen molar-refractivity contribution in [2.45, 2.75) is 6.54 Å². The monoisotopic (exact) mass is 278 g/mol. The van der Waals surface area contributed by atoms with Crippen molar-refractivity contribution in [1.29, 1.82) is 0 Å². The fraction of sp³-hybridized carbons (Fsp3) is 0.500.